The van der Waals surface area contributed by atoms with Crippen LogP contribution in [0.3, 0.4) is 0 Å². The van der Waals surface area contributed by atoms with E-state index >= 15 is 0 Å². The summed E-state index contributed by atoms with van der Waals surface area (Å²) in [6, 6.07) is 18.7. The highest BCUT2D eigenvalue weighted by atomic mass is 15.2. The molecule has 1 heterocycles. The Morgan fingerprint density at radius 1 is 1.00 bits per heavy atom. The Balaban J connectivity index is 2.01. The molecular weight excluding hydrogens is 258 g/mol. The van der Waals surface area contributed by atoms with E-state index in [-0.39, 0.29) is 0 Å². The Hall–Kier alpha value is -2.39. The smallest absolute Gasteiger partial charge is 0.0805 e. The van der Waals surface area contributed by atoms with Gasteiger partial charge in [0.15, 0.2) is 0 Å². The van der Waals surface area contributed by atoms with Crippen LogP contribution in [0.15, 0.2) is 54.6 Å². The van der Waals surface area contributed by atoms with E-state index in [0.717, 1.165) is 27.8 Å². The number of nitrogens with two attached hydrogens (primary N) is 1. The van der Waals surface area contributed by atoms with Crippen molar-refractivity contribution >= 4 is 16.6 Å². The van der Waals surface area contributed by atoms with Crippen molar-refractivity contribution in [1.29, 1.82) is 0 Å². The number of aromatic nitrogens is 1. The number of nitrogens with one attached hydrogen (secondary N) is 1. The van der Waals surface area contributed by atoms with Crippen LogP contribution in [0.2, 0.25) is 0 Å². The first-order valence-corrected chi connectivity index (χ1v) is 7.32. The topological polar surface area (TPSA) is 50.9 Å². The molecule has 0 spiro atoms. The van der Waals surface area contributed by atoms with Gasteiger partial charge >= 0.3 is 0 Å². The van der Waals surface area contributed by atoms with E-state index in [1.165, 1.54) is 18.4 Å². The second-order valence-electron chi connectivity index (χ2n) is 5.58. The lowest BCUT2D eigenvalue weighted by atomic mass is 10.0. The van der Waals surface area contributed by atoms with Gasteiger partial charge < -0.3 is 5.43 Å². The third-order valence-corrected chi connectivity index (χ3v) is 4.10. The fraction of sp³-hybridized carbons (Fsp3) is 0.167. The Bertz CT molecular complexity index is 792. The zero-order valence-electron chi connectivity index (χ0n) is 11.7. The van der Waals surface area contributed by atoms with Crippen LogP contribution in [0.25, 0.3) is 22.0 Å². The summed E-state index contributed by atoms with van der Waals surface area (Å²) in [7, 11) is 0. The lowest BCUT2D eigenvalue weighted by Crippen LogP contribution is -2.08. The molecule has 3 nitrogen and oxygen atoms in total. The molecule has 1 fully saturated rings. The van der Waals surface area contributed by atoms with Crippen molar-refractivity contribution in [1.82, 2.24) is 4.98 Å². The molecule has 3 N–H and O–H groups in total. The van der Waals surface area contributed by atoms with Crippen LogP contribution in [0.5, 0.6) is 0 Å². The van der Waals surface area contributed by atoms with E-state index in [2.05, 4.69) is 54.0 Å². The molecule has 1 aliphatic carbocycles. The van der Waals surface area contributed by atoms with Crippen LogP contribution < -0.4 is 11.3 Å². The Kier molecular flexibility index (Phi) is 2.86. The zero-order valence-corrected chi connectivity index (χ0v) is 11.7. The van der Waals surface area contributed by atoms with E-state index in [0.29, 0.717) is 5.92 Å². The summed E-state index contributed by atoms with van der Waals surface area (Å²) in [4.78, 5) is 4.93. The summed E-state index contributed by atoms with van der Waals surface area (Å²) in [6.45, 7) is 0. The second kappa shape index (κ2) is 4.86. The highest BCUT2D eigenvalue weighted by molar-refractivity contribution is 6.00. The average Bonchev–Trinajstić information content (AvgIpc) is 3.39. The summed E-state index contributed by atoms with van der Waals surface area (Å²) in [5.74, 6) is 6.32. The maximum Gasteiger partial charge on any atom is 0.0805 e. The van der Waals surface area contributed by atoms with Crippen LogP contribution in [-0.2, 0) is 0 Å². The number of anilines is 1. The third-order valence-electron chi connectivity index (χ3n) is 4.10. The van der Waals surface area contributed by atoms with Gasteiger partial charge in [0.2, 0.25) is 0 Å². The maximum absolute atomic E-state index is 5.72. The molecule has 2 aromatic carbocycles. The van der Waals surface area contributed by atoms with Crippen molar-refractivity contribution in [2.45, 2.75) is 18.8 Å². The number of fused-ring (bicyclic) bond motifs is 1. The maximum atomic E-state index is 5.72. The van der Waals surface area contributed by atoms with Gasteiger partial charge in [-0.15, -0.1) is 0 Å². The minimum Gasteiger partial charge on any atom is -0.323 e. The van der Waals surface area contributed by atoms with Crippen molar-refractivity contribution in [2.24, 2.45) is 5.84 Å². The fourth-order valence-electron chi connectivity index (χ4n) is 2.83. The molecule has 1 aromatic heterocycles. The van der Waals surface area contributed by atoms with E-state index < -0.39 is 0 Å². The standard InChI is InChI=1S/C18H17N3/c19-21-17-11-16(13-9-10-13)20-18-14(7-4-8-15(17)18)12-5-2-1-3-6-12/h1-8,11,13H,9-10,19H2,(H,20,21). The summed E-state index contributed by atoms with van der Waals surface area (Å²) in [5, 5.41) is 1.07. The molecule has 4 rings (SSSR count). The molecule has 0 radical (unpaired) electrons. The molecule has 3 heteroatoms. The van der Waals surface area contributed by atoms with Crippen LogP contribution in [0.1, 0.15) is 24.5 Å². The Morgan fingerprint density at radius 2 is 1.81 bits per heavy atom. The molecule has 1 saturated carbocycles. The Morgan fingerprint density at radius 3 is 2.52 bits per heavy atom. The number of hydrogen-bond donors (Lipinski definition) is 2. The molecule has 104 valence electrons. The van der Waals surface area contributed by atoms with Gasteiger partial charge in [-0.1, -0.05) is 48.5 Å². The van der Waals surface area contributed by atoms with Crippen LogP contribution in [0.4, 0.5) is 5.69 Å². The Labute approximate surface area is 123 Å². The summed E-state index contributed by atoms with van der Waals surface area (Å²) < 4.78 is 0. The first-order valence-electron chi connectivity index (χ1n) is 7.32. The van der Waals surface area contributed by atoms with Crippen molar-refractivity contribution in [2.75, 3.05) is 5.43 Å². The SMILES string of the molecule is NNc1cc(C2CC2)nc2c(-c3ccccc3)cccc12. The monoisotopic (exact) mass is 275 g/mol. The lowest BCUT2D eigenvalue weighted by Gasteiger charge is -2.12. The van der Waals surface area contributed by atoms with Crippen molar-refractivity contribution in [3.05, 3.63) is 60.3 Å². The number of nitrogen functional groups attached to an aromatic ring is 1. The first-order chi connectivity index (χ1) is 10.4. The number of nitrogens with zero attached hydrogens (tertiary/aromatic N) is 1. The quantitative estimate of drug-likeness (QED) is 0.559. The number of benzene rings is 2. The first kappa shape index (κ1) is 12.4. The van der Waals surface area contributed by atoms with E-state index in [9.17, 15) is 0 Å². The largest absolute Gasteiger partial charge is 0.323 e. The summed E-state index contributed by atoms with van der Waals surface area (Å²) >= 11 is 0. The van der Waals surface area contributed by atoms with Gasteiger partial charge in [-0.05, 0) is 24.5 Å². The molecule has 1 aliphatic rings. The van der Waals surface area contributed by atoms with Crippen LogP contribution in [0, 0.1) is 0 Å². The molecule has 0 amide bonds. The predicted molar refractivity (Wildman–Crippen MR) is 87.0 cm³/mol. The molecule has 21 heavy (non-hydrogen) atoms. The van der Waals surface area contributed by atoms with Crippen molar-refractivity contribution < 1.29 is 0 Å². The number of hydrazine groups is 1. The highest BCUT2D eigenvalue weighted by Gasteiger charge is 2.26. The van der Waals surface area contributed by atoms with Crippen molar-refractivity contribution in [3.8, 4) is 11.1 Å². The van der Waals surface area contributed by atoms with Crippen LogP contribution in [-0.4, -0.2) is 4.98 Å². The van der Waals surface area contributed by atoms with Crippen molar-refractivity contribution in [3.63, 3.8) is 0 Å². The minimum absolute atomic E-state index is 0.602. The highest BCUT2D eigenvalue weighted by Crippen LogP contribution is 2.42. The molecule has 0 bridgehead atoms. The normalized spacial score (nSPS) is 14.3. The number of hydrogen-bond acceptors (Lipinski definition) is 3. The zero-order chi connectivity index (χ0) is 14.2. The van der Waals surface area contributed by atoms with E-state index in [4.69, 9.17) is 10.8 Å². The van der Waals surface area contributed by atoms with Gasteiger partial charge in [-0.25, -0.2) is 0 Å². The van der Waals surface area contributed by atoms with E-state index in [1.807, 2.05) is 6.07 Å². The van der Waals surface area contributed by atoms with Gasteiger partial charge in [-0.2, -0.15) is 0 Å². The molecule has 0 saturated heterocycles. The summed E-state index contributed by atoms with van der Waals surface area (Å²) in [5.41, 5.74) is 8.32. The van der Waals surface area contributed by atoms with Gasteiger partial charge in [0.25, 0.3) is 0 Å². The predicted octanol–water partition coefficient (Wildman–Crippen LogP) is 4.06. The molecule has 0 atom stereocenters. The molecular formula is C18H17N3. The molecule has 0 aliphatic heterocycles. The van der Waals surface area contributed by atoms with Gasteiger partial charge in [-0.3, -0.25) is 10.8 Å². The lowest BCUT2D eigenvalue weighted by molar-refractivity contribution is 1.04. The van der Waals surface area contributed by atoms with Gasteiger partial charge in [0.1, 0.15) is 0 Å². The number of pyridine rings is 1. The van der Waals surface area contributed by atoms with Crippen LogP contribution >= 0.6 is 0 Å². The fourth-order valence-corrected chi connectivity index (χ4v) is 2.83. The minimum atomic E-state index is 0.602. The number of rotatable bonds is 3. The second-order valence-corrected chi connectivity index (χ2v) is 5.58. The number of para-hydroxylation sites is 1. The van der Waals surface area contributed by atoms with Gasteiger partial charge in [0.05, 0.1) is 11.2 Å². The third kappa shape index (κ3) is 2.16. The van der Waals surface area contributed by atoms with Gasteiger partial charge in [0, 0.05) is 22.6 Å². The van der Waals surface area contributed by atoms with E-state index in [1.54, 1.807) is 0 Å². The summed E-state index contributed by atoms with van der Waals surface area (Å²) in [6.07, 6.45) is 2.46. The molecule has 0 unspecified atom stereocenters. The average molecular weight is 275 g/mol. The molecule has 3 aromatic rings.